The number of nitrogens with one attached hydrogen (secondary N) is 1. The van der Waals surface area contributed by atoms with E-state index in [4.69, 9.17) is 0 Å². The standard InChI is InChI=1S/C23H24F3N3O.ClH/c1-2-16-7-6-8-18(13-16)27-21(30)15-29-20-14-17(23(24,25)26)10-11-19(20)28-12-5-3-4-9-22(28)29;/h6-8,10-11,13-14H,2-5,9,12,15H2,1H3;1H. The van der Waals surface area contributed by atoms with Gasteiger partial charge in [0.05, 0.1) is 12.1 Å². The molecule has 0 saturated carbocycles. The van der Waals surface area contributed by atoms with Crippen LogP contribution in [0.5, 0.6) is 0 Å². The van der Waals surface area contributed by atoms with Crippen LogP contribution in [0.2, 0.25) is 0 Å². The predicted octanol–water partition coefficient (Wildman–Crippen LogP) is 1.88. The molecule has 2 heterocycles. The van der Waals surface area contributed by atoms with Gasteiger partial charge in [-0.3, -0.25) is 4.79 Å². The molecule has 166 valence electrons. The average molecular weight is 452 g/mol. The fraction of sp³-hybridized carbons (Fsp3) is 0.391. The van der Waals surface area contributed by atoms with Crippen LogP contribution >= 0.6 is 0 Å². The summed E-state index contributed by atoms with van der Waals surface area (Å²) in [5.41, 5.74) is 2.32. The van der Waals surface area contributed by atoms with E-state index in [0.717, 1.165) is 61.6 Å². The molecule has 8 heteroatoms. The van der Waals surface area contributed by atoms with Crippen LogP contribution in [0.25, 0.3) is 11.0 Å². The maximum Gasteiger partial charge on any atom is 0.416 e. The van der Waals surface area contributed by atoms with E-state index in [-0.39, 0.29) is 24.9 Å². The zero-order valence-electron chi connectivity index (χ0n) is 17.3. The minimum atomic E-state index is -4.42. The first-order valence-corrected chi connectivity index (χ1v) is 10.4. The van der Waals surface area contributed by atoms with Gasteiger partial charge in [0.25, 0.3) is 11.7 Å². The van der Waals surface area contributed by atoms with Crippen molar-refractivity contribution in [3.63, 3.8) is 0 Å². The number of nitrogens with zero attached hydrogens (tertiary/aromatic N) is 2. The van der Waals surface area contributed by atoms with Crippen molar-refractivity contribution < 1.29 is 34.9 Å². The Morgan fingerprint density at radius 2 is 1.94 bits per heavy atom. The molecule has 3 aromatic rings. The Morgan fingerprint density at radius 1 is 1.13 bits per heavy atom. The van der Waals surface area contributed by atoms with Crippen molar-refractivity contribution in [2.75, 3.05) is 5.32 Å². The lowest BCUT2D eigenvalue weighted by Gasteiger charge is -2.08. The maximum absolute atomic E-state index is 13.3. The number of benzene rings is 2. The minimum Gasteiger partial charge on any atom is -1.00 e. The van der Waals surface area contributed by atoms with Gasteiger partial charge in [-0.25, -0.2) is 9.13 Å². The Kier molecular flexibility index (Phi) is 6.94. The summed E-state index contributed by atoms with van der Waals surface area (Å²) in [6.45, 7) is 2.78. The van der Waals surface area contributed by atoms with Gasteiger partial charge in [-0.1, -0.05) is 19.1 Å². The summed E-state index contributed by atoms with van der Waals surface area (Å²) >= 11 is 0. The van der Waals surface area contributed by atoms with E-state index in [2.05, 4.69) is 9.88 Å². The first kappa shape index (κ1) is 23.1. The van der Waals surface area contributed by atoms with Crippen LogP contribution < -0.4 is 22.3 Å². The van der Waals surface area contributed by atoms with Crippen LogP contribution in [-0.4, -0.2) is 10.5 Å². The van der Waals surface area contributed by atoms with Crippen LogP contribution in [-0.2, 0) is 36.9 Å². The Morgan fingerprint density at radius 3 is 2.68 bits per heavy atom. The topological polar surface area (TPSA) is 37.9 Å². The molecule has 1 aromatic heterocycles. The molecule has 1 amide bonds. The zero-order valence-corrected chi connectivity index (χ0v) is 18.1. The van der Waals surface area contributed by atoms with Gasteiger partial charge in [0, 0.05) is 18.2 Å². The summed E-state index contributed by atoms with van der Waals surface area (Å²) in [7, 11) is 0. The van der Waals surface area contributed by atoms with Gasteiger partial charge in [-0.15, -0.1) is 0 Å². The molecule has 0 aliphatic carbocycles. The number of imidazole rings is 1. The van der Waals surface area contributed by atoms with Crippen LogP contribution in [0.4, 0.5) is 18.9 Å². The van der Waals surface area contributed by atoms with Gasteiger partial charge in [0.2, 0.25) is 0 Å². The summed E-state index contributed by atoms with van der Waals surface area (Å²) in [6, 6.07) is 11.4. The van der Waals surface area contributed by atoms with E-state index < -0.39 is 11.7 Å². The molecule has 0 spiro atoms. The molecule has 0 unspecified atom stereocenters. The third kappa shape index (κ3) is 4.87. The molecule has 0 atom stereocenters. The highest BCUT2D eigenvalue weighted by atomic mass is 35.5. The Hall–Kier alpha value is -2.54. The van der Waals surface area contributed by atoms with E-state index in [0.29, 0.717) is 11.2 Å². The van der Waals surface area contributed by atoms with Crippen LogP contribution in [0.3, 0.4) is 0 Å². The van der Waals surface area contributed by atoms with Crippen LogP contribution in [0.1, 0.15) is 43.1 Å². The number of carbonyl (C=O) groups is 1. The molecular weight excluding hydrogens is 427 g/mol. The number of alkyl halides is 3. The molecule has 31 heavy (non-hydrogen) atoms. The molecule has 0 bridgehead atoms. The number of rotatable bonds is 4. The third-order valence-electron chi connectivity index (χ3n) is 5.71. The Labute approximate surface area is 185 Å². The fourth-order valence-electron chi connectivity index (χ4n) is 4.21. The molecule has 1 aliphatic heterocycles. The number of halogens is 4. The van der Waals surface area contributed by atoms with E-state index in [1.165, 1.54) is 12.1 Å². The third-order valence-corrected chi connectivity index (χ3v) is 5.71. The summed E-state index contributed by atoms with van der Waals surface area (Å²) in [5.74, 6) is 0.671. The number of carbonyl (C=O) groups excluding carboxylic acids is 1. The highest BCUT2D eigenvalue weighted by molar-refractivity contribution is 5.91. The molecule has 1 N–H and O–H groups in total. The average Bonchev–Trinajstić information content (AvgIpc) is 2.85. The number of amides is 1. The largest absolute Gasteiger partial charge is 1.00 e. The lowest BCUT2D eigenvalue weighted by atomic mass is 10.1. The fourth-order valence-corrected chi connectivity index (χ4v) is 4.21. The quantitative estimate of drug-likeness (QED) is 0.604. The highest BCUT2D eigenvalue weighted by Crippen LogP contribution is 2.32. The number of hydrogen-bond donors (Lipinski definition) is 1. The number of aryl methyl sites for hydroxylation is 2. The van der Waals surface area contributed by atoms with Gasteiger partial charge in [0.1, 0.15) is 0 Å². The van der Waals surface area contributed by atoms with Crippen molar-refractivity contribution in [1.29, 1.82) is 0 Å². The van der Waals surface area contributed by atoms with E-state index >= 15 is 0 Å². The lowest BCUT2D eigenvalue weighted by molar-refractivity contribution is -0.678. The number of fused-ring (bicyclic) bond motifs is 3. The van der Waals surface area contributed by atoms with Gasteiger partial charge < -0.3 is 17.7 Å². The second-order valence-corrected chi connectivity index (χ2v) is 7.77. The minimum absolute atomic E-state index is 0. The van der Waals surface area contributed by atoms with Crippen molar-refractivity contribution in [2.45, 2.75) is 58.3 Å². The summed E-state index contributed by atoms with van der Waals surface area (Å²) in [5, 5.41) is 2.90. The van der Waals surface area contributed by atoms with Crippen molar-refractivity contribution >= 4 is 22.6 Å². The van der Waals surface area contributed by atoms with Gasteiger partial charge >= 0.3 is 6.18 Å². The van der Waals surface area contributed by atoms with Gasteiger partial charge in [0.15, 0.2) is 17.6 Å². The Balaban J connectivity index is 0.00000272. The molecule has 4 rings (SSSR count). The highest BCUT2D eigenvalue weighted by Gasteiger charge is 2.34. The number of anilines is 1. The van der Waals surface area contributed by atoms with Gasteiger partial charge in [-0.2, -0.15) is 13.2 Å². The van der Waals surface area contributed by atoms with E-state index in [1.807, 2.05) is 31.2 Å². The molecule has 0 radical (unpaired) electrons. The molecule has 2 aromatic carbocycles. The normalized spacial score (nSPS) is 13.9. The second kappa shape index (κ2) is 9.30. The van der Waals surface area contributed by atoms with Gasteiger partial charge in [-0.05, 0) is 55.5 Å². The molecule has 4 nitrogen and oxygen atoms in total. The lowest BCUT2D eigenvalue weighted by Crippen LogP contribution is -3.00. The van der Waals surface area contributed by atoms with E-state index in [1.54, 1.807) is 4.57 Å². The summed E-state index contributed by atoms with van der Waals surface area (Å²) in [4.78, 5) is 12.8. The van der Waals surface area contributed by atoms with Crippen molar-refractivity contribution in [3.05, 3.63) is 59.4 Å². The summed E-state index contributed by atoms with van der Waals surface area (Å²) in [6.07, 6.45) is 0.190. The van der Waals surface area contributed by atoms with Crippen LogP contribution in [0, 0.1) is 0 Å². The van der Waals surface area contributed by atoms with Crippen LogP contribution in [0.15, 0.2) is 42.5 Å². The van der Waals surface area contributed by atoms with Crippen molar-refractivity contribution in [1.82, 2.24) is 4.57 Å². The van der Waals surface area contributed by atoms with Crippen molar-refractivity contribution in [3.8, 4) is 0 Å². The smallest absolute Gasteiger partial charge is 0.416 e. The second-order valence-electron chi connectivity index (χ2n) is 7.77. The predicted molar refractivity (Wildman–Crippen MR) is 109 cm³/mol. The first-order chi connectivity index (χ1) is 14.4. The zero-order chi connectivity index (χ0) is 21.3. The SMILES string of the molecule is CCc1cccc(NC(=O)Cn2c3[n+](c4ccc(C(F)(F)F)cc42)CCCCC3)c1.[Cl-]. The molecule has 1 aliphatic rings. The first-order valence-electron chi connectivity index (χ1n) is 10.4. The molecule has 0 saturated heterocycles. The molecule has 0 fully saturated rings. The monoisotopic (exact) mass is 451 g/mol. The maximum atomic E-state index is 13.3. The number of hydrogen-bond acceptors (Lipinski definition) is 1. The number of aromatic nitrogens is 2. The van der Waals surface area contributed by atoms with E-state index in [9.17, 15) is 18.0 Å². The Bertz CT molecular complexity index is 1090. The molecular formula is C23H25ClF3N3O. The van der Waals surface area contributed by atoms with Crippen molar-refractivity contribution in [2.24, 2.45) is 0 Å². The summed E-state index contributed by atoms with van der Waals surface area (Å²) < 4.78 is 43.8.